The van der Waals surface area contributed by atoms with Crippen LogP contribution >= 0.6 is 0 Å². The third-order valence-corrected chi connectivity index (χ3v) is 5.38. The molecule has 0 heterocycles. The average molecular weight is 343 g/mol. The van der Waals surface area contributed by atoms with E-state index in [0.29, 0.717) is 11.5 Å². The van der Waals surface area contributed by atoms with Crippen LogP contribution in [0.5, 0.6) is 0 Å². The zero-order valence-electron chi connectivity index (χ0n) is 15.2. The quantitative estimate of drug-likeness (QED) is 0.779. The van der Waals surface area contributed by atoms with Gasteiger partial charge in [-0.3, -0.25) is 4.90 Å². The number of hydrogen-bond donors (Lipinski definition) is 2. The van der Waals surface area contributed by atoms with Crippen molar-refractivity contribution >= 4 is 5.97 Å². The van der Waals surface area contributed by atoms with Crippen molar-refractivity contribution in [1.82, 2.24) is 4.90 Å². The monoisotopic (exact) mass is 343 g/mol. The van der Waals surface area contributed by atoms with Gasteiger partial charge in [-0.15, -0.1) is 5.92 Å². The fraction of sp³-hybridized carbons (Fsp3) is 0.571. The normalized spacial score (nSPS) is 22.7. The van der Waals surface area contributed by atoms with Gasteiger partial charge in [0.25, 0.3) is 0 Å². The van der Waals surface area contributed by atoms with Crippen molar-refractivity contribution in [3.63, 3.8) is 0 Å². The van der Waals surface area contributed by atoms with Crippen molar-refractivity contribution in [2.75, 3.05) is 20.1 Å². The topological polar surface area (TPSA) is 60.8 Å². The van der Waals surface area contributed by atoms with Gasteiger partial charge in [0.05, 0.1) is 6.54 Å². The van der Waals surface area contributed by atoms with Crippen LogP contribution in [0.1, 0.15) is 44.6 Å². The summed E-state index contributed by atoms with van der Waals surface area (Å²) in [6.07, 6.45) is 4.15. The molecule has 2 N–H and O–H groups in total. The summed E-state index contributed by atoms with van der Waals surface area (Å²) in [4.78, 5) is 14.0. The van der Waals surface area contributed by atoms with E-state index in [4.69, 9.17) is 0 Å². The first-order valence-corrected chi connectivity index (χ1v) is 9.14. The summed E-state index contributed by atoms with van der Waals surface area (Å²) in [5.74, 6) is 5.57. The van der Waals surface area contributed by atoms with Crippen LogP contribution in [0.15, 0.2) is 30.3 Å². The van der Waals surface area contributed by atoms with Gasteiger partial charge in [0.2, 0.25) is 0 Å². The molecule has 25 heavy (non-hydrogen) atoms. The Kier molecular flexibility index (Phi) is 7.04. The van der Waals surface area contributed by atoms with Crippen LogP contribution in [0, 0.1) is 23.7 Å². The summed E-state index contributed by atoms with van der Waals surface area (Å²) >= 11 is 0. The molecular formula is C21H29NO3. The zero-order valence-corrected chi connectivity index (χ0v) is 15.2. The van der Waals surface area contributed by atoms with E-state index < -0.39 is 11.6 Å². The third kappa shape index (κ3) is 4.84. The van der Waals surface area contributed by atoms with Crippen LogP contribution in [0.4, 0.5) is 0 Å². The minimum Gasteiger partial charge on any atom is -0.479 e. The fourth-order valence-electron chi connectivity index (χ4n) is 3.53. The molecule has 1 saturated carbocycles. The maximum atomic E-state index is 11.8. The van der Waals surface area contributed by atoms with E-state index in [1.54, 1.807) is 24.3 Å². The lowest BCUT2D eigenvalue weighted by Crippen LogP contribution is -2.44. The largest absolute Gasteiger partial charge is 0.479 e. The Labute approximate surface area is 150 Å². The molecule has 0 aromatic heterocycles. The minimum atomic E-state index is -1.79. The van der Waals surface area contributed by atoms with Crippen LogP contribution in [0.2, 0.25) is 0 Å². The van der Waals surface area contributed by atoms with E-state index in [2.05, 4.69) is 30.7 Å². The molecule has 4 nitrogen and oxygen atoms in total. The highest BCUT2D eigenvalue weighted by Crippen LogP contribution is 2.42. The first-order valence-electron chi connectivity index (χ1n) is 9.14. The Morgan fingerprint density at radius 1 is 1.20 bits per heavy atom. The number of carboxylic acid groups (broad SMARTS) is 1. The smallest absolute Gasteiger partial charge is 0.340 e. The van der Waals surface area contributed by atoms with Crippen molar-refractivity contribution in [3.8, 4) is 11.8 Å². The number of benzene rings is 1. The first kappa shape index (κ1) is 19.5. The van der Waals surface area contributed by atoms with Crippen molar-refractivity contribution in [1.29, 1.82) is 0 Å². The molecule has 1 fully saturated rings. The van der Waals surface area contributed by atoms with E-state index in [0.717, 1.165) is 45.2 Å². The standard InChI is InChI=1S/C21H29NO3/c1-3-22(2)16-8-7-9-17-12-14-19(15-13-17)21(25,20(23)24)18-10-5-4-6-11-18/h4-6,10-11,17,19,25H,3,9,12-16H2,1-2H3,(H,23,24)/t17?,19?,21-/m1/s1. The molecular weight excluding hydrogens is 314 g/mol. The molecule has 0 saturated heterocycles. The Hall–Kier alpha value is -1.83. The lowest BCUT2D eigenvalue weighted by atomic mass is 9.70. The molecule has 0 amide bonds. The molecule has 0 bridgehead atoms. The molecule has 1 aromatic carbocycles. The molecule has 136 valence electrons. The summed E-state index contributed by atoms with van der Waals surface area (Å²) in [5, 5.41) is 20.6. The van der Waals surface area contributed by atoms with Crippen LogP contribution in [-0.2, 0) is 10.4 Å². The Balaban J connectivity index is 1.95. The van der Waals surface area contributed by atoms with E-state index in [-0.39, 0.29) is 5.92 Å². The first-order chi connectivity index (χ1) is 12.0. The second-order valence-corrected chi connectivity index (χ2v) is 7.04. The van der Waals surface area contributed by atoms with Gasteiger partial charge in [0.15, 0.2) is 5.60 Å². The zero-order chi connectivity index (χ0) is 18.3. The molecule has 1 atom stereocenters. The van der Waals surface area contributed by atoms with E-state index in [1.165, 1.54) is 0 Å². The maximum Gasteiger partial charge on any atom is 0.340 e. The summed E-state index contributed by atoms with van der Waals surface area (Å²) in [5.41, 5.74) is -1.31. The molecule has 1 aliphatic rings. The Morgan fingerprint density at radius 3 is 2.40 bits per heavy atom. The van der Waals surface area contributed by atoms with Crippen molar-refractivity contribution < 1.29 is 15.0 Å². The number of rotatable bonds is 6. The van der Waals surface area contributed by atoms with E-state index in [9.17, 15) is 15.0 Å². The van der Waals surface area contributed by atoms with Crippen LogP contribution in [-0.4, -0.2) is 41.2 Å². The highest BCUT2D eigenvalue weighted by atomic mass is 16.4. The summed E-state index contributed by atoms with van der Waals surface area (Å²) in [6, 6.07) is 8.79. The minimum absolute atomic E-state index is 0.247. The van der Waals surface area contributed by atoms with E-state index >= 15 is 0 Å². The van der Waals surface area contributed by atoms with Gasteiger partial charge in [-0.25, -0.2) is 4.79 Å². The molecule has 0 unspecified atom stereocenters. The van der Waals surface area contributed by atoms with Gasteiger partial charge < -0.3 is 10.2 Å². The van der Waals surface area contributed by atoms with Gasteiger partial charge in [0, 0.05) is 12.3 Å². The van der Waals surface area contributed by atoms with Crippen LogP contribution < -0.4 is 0 Å². The number of aliphatic carboxylic acids is 1. The second kappa shape index (κ2) is 9.03. The predicted molar refractivity (Wildman–Crippen MR) is 99.0 cm³/mol. The predicted octanol–water partition coefficient (Wildman–Crippen LogP) is 3.11. The SMILES string of the molecule is CCN(C)CC#CCC1CCC([C@@](O)(C(=O)O)c2ccccc2)CC1. The van der Waals surface area contributed by atoms with Gasteiger partial charge in [0.1, 0.15) is 0 Å². The summed E-state index contributed by atoms with van der Waals surface area (Å²) in [6.45, 7) is 3.89. The molecule has 0 aliphatic heterocycles. The lowest BCUT2D eigenvalue weighted by molar-refractivity contribution is -0.169. The second-order valence-electron chi connectivity index (χ2n) is 7.04. The molecule has 4 heteroatoms. The number of hydrogen-bond acceptors (Lipinski definition) is 3. The Bertz CT molecular complexity index is 611. The Morgan fingerprint density at radius 2 is 1.84 bits per heavy atom. The molecule has 0 spiro atoms. The molecule has 1 aromatic rings. The maximum absolute atomic E-state index is 11.8. The van der Waals surface area contributed by atoms with Crippen molar-refractivity contribution in [3.05, 3.63) is 35.9 Å². The van der Waals surface area contributed by atoms with Gasteiger partial charge in [-0.1, -0.05) is 43.2 Å². The van der Waals surface area contributed by atoms with Gasteiger partial charge in [-0.2, -0.15) is 0 Å². The number of nitrogens with zero attached hydrogens (tertiary/aromatic N) is 1. The highest BCUT2D eigenvalue weighted by molar-refractivity contribution is 5.79. The molecule has 2 rings (SSSR count). The molecule has 0 radical (unpaired) electrons. The lowest BCUT2D eigenvalue weighted by Gasteiger charge is -2.37. The number of aliphatic hydroxyl groups is 1. The van der Waals surface area contributed by atoms with Gasteiger partial charge >= 0.3 is 5.97 Å². The third-order valence-electron chi connectivity index (χ3n) is 5.38. The van der Waals surface area contributed by atoms with Gasteiger partial charge in [-0.05, 0) is 50.8 Å². The van der Waals surface area contributed by atoms with Crippen molar-refractivity contribution in [2.45, 2.75) is 44.6 Å². The highest BCUT2D eigenvalue weighted by Gasteiger charge is 2.46. The number of carboxylic acids is 1. The average Bonchev–Trinajstić information content (AvgIpc) is 2.65. The van der Waals surface area contributed by atoms with Crippen molar-refractivity contribution in [2.24, 2.45) is 11.8 Å². The fourth-order valence-corrected chi connectivity index (χ4v) is 3.53. The van der Waals surface area contributed by atoms with Crippen LogP contribution in [0.25, 0.3) is 0 Å². The number of carbonyl (C=O) groups is 1. The van der Waals surface area contributed by atoms with E-state index in [1.807, 2.05) is 6.07 Å². The molecule has 1 aliphatic carbocycles. The van der Waals surface area contributed by atoms with Crippen LogP contribution in [0.3, 0.4) is 0 Å². The summed E-state index contributed by atoms with van der Waals surface area (Å²) in [7, 11) is 2.05. The summed E-state index contributed by atoms with van der Waals surface area (Å²) < 4.78 is 0.